The molecule has 0 saturated heterocycles. The molecule has 0 radical (unpaired) electrons. The molecule has 0 unspecified atom stereocenters. The van der Waals surface area contributed by atoms with Crippen molar-refractivity contribution in [2.24, 2.45) is 17.2 Å². The molecular weight excluding hydrogens is 258 g/mol. The molecule has 0 bridgehead atoms. The van der Waals surface area contributed by atoms with Crippen molar-refractivity contribution in [3.63, 3.8) is 0 Å². The molecule has 0 aromatic carbocycles. The third kappa shape index (κ3) is 1.95. The lowest BCUT2D eigenvalue weighted by molar-refractivity contribution is 0.466. The molecule has 100 valence electrons. The first kappa shape index (κ1) is 11.4. The van der Waals surface area contributed by atoms with E-state index >= 15 is 0 Å². The SMILES string of the molecule is NNc1nc(NCC2(C3CC3)CC2)c2ccsc2n1. The number of nitrogens with zero attached hydrogens (tertiary/aromatic N) is 2. The third-order valence-electron chi connectivity index (χ3n) is 4.40. The zero-order valence-corrected chi connectivity index (χ0v) is 11.5. The summed E-state index contributed by atoms with van der Waals surface area (Å²) in [4.78, 5) is 9.78. The van der Waals surface area contributed by atoms with Gasteiger partial charge in [-0.05, 0) is 48.5 Å². The van der Waals surface area contributed by atoms with Crippen molar-refractivity contribution in [2.75, 3.05) is 17.3 Å². The first-order chi connectivity index (χ1) is 9.31. The van der Waals surface area contributed by atoms with E-state index in [-0.39, 0.29) is 0 Å². The Hall–Kier alpha value is -1.40. The van der Waals surface area contributed by atoms with Crippen LogP contribution in [0.4, 0.5) is 11.8 Å². The van der Waals surface area contributed by atoms with Crippen molar-refractivity contribution in [2.45, 2.75) is 25.7 Å². The van der Waals surface area contributed by atoms with E-state index in [2.05, 4.69) is 26.8 Å². The number of anilines is 2. The van der Waals surface area contributed by atoms with E-state index in [0.29, 0.717) is 11.4 Å². The summed E-state index contributed by atoms with van der Waals surface area (Å²) in [6, 6.07) is 2.07. The Balaban J connectivity index is 1.60. The summed E-state index contributed by atoms with van der Waals surface area (Å²) in [5, 5.41) is 6.67. The van der Waals surface area contributed by atoms with Crippen LogP contribution in [-0.2, 0) is 0 Å². The molecule has 0 atom stereocenters. The lowest BCUT2D eigenvalue weighted by Crippen LogP contribution is -2.19. The van der Waals surface area contributed by atoms with Gasteiger partial charge >= 0.3 is 0 Å². The van der Waals surface area contributed by atoms with Crippen molar-refractivity contribution >= 4 is 33.3 Å². The molecule has 4 rings (SSSR count). The van der Waals surface area contributed by atoms with Crippen molar-refractivity contribution < 1.29 is 0 Å². The molecule has 2 heterocycles. The van der Waals surface area contributed by atoms with Crippen LogP contribution in [-0.4, -0.2) is 16.5 Å². The molecule has 2 aliphatic rings. The van der Waals surface area contributed by atoms with Crippen molar-refractivity contribution in [3.8, 4) is 0 Å². The van der Waals surface area contributed by atoms with Crippen LogP contribution < -0.4 is 16.6 Å². The highest BCUT2D eigenvalue weighted by Gasteiger charge is 2.53. The Labute approximate surface area is 115 Å². The van der Waals surface area contributed by atoms with Gasteiger partial charge in [0.05, 0.1) is 5.39 Å². The number of nitrogens with two attached hydrogens (primary N) is 1. The number of thiophene rings is 1. The minimum Gasteiger partial charge on any atom is -0.369 e. The van der Waals surface area contributed by atoms with E-state index in [1.807, 2.05) is 5.38 Å². The van der Waals surface area contributed by atoms with Crippen molar-refractivity contribution in [3.05, 3.63) is 11.4 Å². The molecule has 0 amide bonds. The summed E-state index contributed by atoms with van der Waals surface area (Å²) >= 11 is 1.61. The first-order valence-corrected chi connectivity index (χ1v) is 7.64. The molecule has 2 aromatic rings. The topological polar surface area (TPSA) is 75.9 Å². The van der Waals surface area contributed by atoms with Gasteiger partial charge in [0.15, 0.2) is 0 Å². The van der Waals surface area contributed by atoms with Gasteiger partial charge in [-0.2, -0.15) is 4.98 Å². The quantitative estimate of drug-likeness (QED) is 0.577. The zero-order valence-electron chi connectivity index (χ0n) is 10.6. The summed E-state index contributed by atoms with van der Waals surface area (Å²) in [7, 11) is 0. The summed E-state index contributed by atoms with van der Waals surface area (Å²) in [5.41, 5.74) is 3.10. The average molecular weight is 275 g/mol. The number of nitrogen functional groups attached to an aromatic ring is 1. The molecule has 0 aliphatic heterocycles. The van der Waals surface area contributed by atoms with E-state index in [4.69, 9.17) is 5.84 Å². The van der Waals surface area contributed by atoms with Crippen LogP contribution in [0.2, 0.25) is 0 Å². The van der Waals surface area contributed by atoms with Gasteiger partial charge in [-0.25, -0.2) is 10.8 Å². The normalized spacial score (nSPS) is 20.5. The summed E-state index contributed by atoms with van der Waals surface area (Å²) in [6.45, 7) is 1.03. The second-order valence-electron chi connectivity index (χ2n) is 5.67. The Bertz CT molecular complexity index is 615. The second-order valence-corrected chi connectivity index (χ2v) is 6.56. The number of fused-ring (bicyclic) bond motifs is 1. The van der Waals surface area contributed by atoms with Crippen LogP contribution in [0.5, 0.6) is 0 Å². The highest BCUT2D eigenvalue weighted by molar-refractivity contribution is 7.16. The lowest BCUT2D eigenvalue weighted by atomic mass is 10.0. The third-order valence-corrected chi connectivity index (χ3v) is 5.20. The second kappa shape index (κ2) is 4.05. The van der Waals surface area contributed by atoms with Gasteiger partial charge in [-0.1, -0.05) is 0 Å². The molecule has 4 N–H and O–H groups in total. The lowest BCUT2D eigenvalue weighted by Gasteiger charge is -2.16. The Morgan fingerprint density at radius 1 is 1.37 bits per heavy atom. The van der Waals surface area contributed by atoms with Crippen LogP contribution in [0.15, 0.2) is 11.4 Å². The van der Waals surface area contributed by atoms with E-state index in [9.17, 15) is 0 Å². The molecule has 2 aliphatic carbocycles. The highest BCUT2D eigenvalue weighted by atomic mass is 32.1. The predicted octanol–water partition coefficient (Wildman–Crippen LogP) is 2.58. The number of nitrogens with one attached hydrogen (secondary N) is 2. The molecule has 19 heavy (non-hydrogen) atoms. The first-order valence-electron chi connectivity index (χ1n) is 6.76. The average Bonchev–Trinajstić information content (AvgIpc) is 3.33. The largest absolute Gasteiger partial charge is 0.369 e. The van der Waals surface area contributed by atoms with Gasteiger partial charge in [0.2, 0.25) is 5.95 Å². The fourth-order valence-electron chi connectivity index (χ4n) is 2.90. The molecule has 2 saturated carbocycles. The summed E-state index contributed by atoms with van der Waals surface area (Å²) in [5.74, 6) is 7.77. The van der Waals surface area contributed by atoms with Crippen LogP contribution >= 0.6 is 11.3 Å². The van der Waals surface area contributed by atoms with Crippen molar-refractivity contribution in [1.29, 1.82) is 0 Å². The number of hydrogen-bond acceptors (Lipinski definition) is 6. The summed E-state index contributed by atoms with van der Waals surface area (Å²) < 4.78 is 0. The highest BCUT2D eigenvalue weighted by Crippen LogP contribution is 2.61. The van der Waals surface area contributed by atoms with Gasteiger partial charge < -0.3 is 5.32 Å². The van der Waals surface area contributed by atoms with E-state index < -0.39 is 0 Å². The van der Waals surface area contributed by atoms with Crippen LogP contribution in [0.25, 0.3) is 10.2 Å². The number of aromatic nitrogens is 2. The fourth-order valence-corrected chi connectivity index (χ4v) is 3.66. The molecular formula is C13H17N5S. The van der Waals surface area contributed by atoms with Crippen molar-refractivity contribution in [1.82, 2.24) is 9.97 Å². The monoisotopic (exact) mass is 275 g/mol. The number of rotatable bonds is 5. The standard InChI is InChI=1S/C13H17N5S/c14-18-12-16-10(9-3-6-19-11(9)17-12)15-7-13(4-5-13)8-1-2-8/h3,6,8H,1-2,4-5,7,14H2,(H2,15,16,17,18). The maximum atomic E-state index is 5.43. The number of hydrazine groups is 1. The van der Waals surface area contributed by atoms with Gasteiger partial charge in [0.25, 0.3) is 0 Å². The Morgan fingerprint density at radius 2 is 2.21 bits per heavy atom. The molecule has 6 heteroatoms. The predicted molar refractivity (Wildman–Crippen MR) is 78.1 cm³/mol. The van der Waals surface area contributed by atoms with Gasteiger partial charge in [-0.15, -0.1) is 11.3 Å². The van der Waals surface area contributed by atoms with Gasteiger partial charge in [0, 0.05) is 6.54 Å². The Kier molecular flexibility index (Phi) is 2.43. The smallest absolute Gasteiger partial charge is 0.240 e. The summed E-state index contributed by atoms with van der Waals surface area (Å²) in [6.07, 6.45) is 5.55. The molecule has 2 aromatic heterocycles. The van der Waals surface area contributed by atoms with Crippen LogP contribution in [0.1, 0.15) is 25.7 Å². The van der Waals surface area contributed by atoms with E-state index in [1.165, 1.54) is 25.7 Å². The maximum absolute atomic E-state index is 5.43. The molecule has 0 spiro atoms. The van der Waals surface area contributed by atoms with E-state index in [0.717, 1.165) is 28.5 Å². The van der Waals surface area contributed by atoms with Crippen LogP contribution in [0, 0.1) is 11.3 Å². The minimum absolute atomic E-state index is 0.480. The zero-order chi connectivity index (χ0) is 12.9. The minimum atomic E-state index is 0.480. The van der Waals surface area contributed by atoms with Gasteiger partial charge in [0.1, 0.15) is 10.6 Å². The van der Waals surface area contributed by atoms with Crippen LogP contribution in [0.3, 0.4) is 0 Å². The van der Waals surface area contributed by atoms with E-state index in [1.54, 1.807) is 11.3 Å². The molecule has 5 nitrogen and oxygen atoms in total. The maximum Gasteiger partial charge on any atom is 0.240 e. The number of hydrogen-bond donors (Lipinski definition) is 3. The van der Waals surface area contributed by atoms with Gasteiger partial charge in [-0.3, -0.25) is 5.43 Å². The molecule has 2 fully saturated rings. The Morgan fingerprint density at radius 3 is 2.89 bits per heavy atom. The fraction of sp³-hybridized carbons (Fsp3) is 0.538.